The summed E-state index contributed by atoms with van der Waals surface area (Å²) in [5.74, 6) is 1.76. The number of aromatic amines is 1. The number of aromatic nitrogens is 3. The Bertz CT molecular complexity index is 1360. The third-order valence-electron chi connectivity index (χ3n) is 6.31. The molecule has 0 unspecified atom stereocenters. The molecule has 0 spiro atoms. The second-order valence-corrected chi connectivity index (χ2v) is 8.46. The van der Waals surface area contributed by atoms with Gasteiger partial charge in [-0.05, 0) is 85.6 Å². The minimum Gasteiger partial charge on any atom is -0.495 e. The van der Waals surface area contributed by atoms with Crippen molar-refractivity contribution in [2.45, 2.75) is 25.7 Å². The fourth-order valence-electron chi connectivity index (χ4n) is 4.60. The van der Waals surface area contributed by atoms with Crippen molar-refractivity contribution >= 4 is 22.3 Å². The number of ether oxygens (including phenoxy) is 1. The van der Waals surface area contributed by atoms with Crippen molar-refractivity contribution in [1.82, 2.24) is 20.3 Å². The van der Waals surface area contributed by atoms with E-state index < -0.39 is 0 Å². The van der Waals surface area contributed by atoms with Crippen molar-refractivity contribution in [2.24, 2.45) is 0 Å². The highest BCUT2D eigenvalue weighted by Gasteiger charge is 2.18. The molecule has 4 aromatic rings. The quantitative estimate of drug-likeness (QED) is 0.422. The summed E-state index contributed by atoms with van der Waals surface area (Å²) in [6.07, 6.45) is 7.37. The number of hydrogen-bond donors (Lipinski definition) is 3. The number of H-pyrrole nitrogens is 1. The summed E-state index contributed by atoms with van der Waals surface area (Å²) >= 11 is 0. The number of piperidine rings is 1. The zero-order valence-corrected chi connectivity index (χ0v) is 18.8. The zero-order chi connectivity index (χ0) is 22.8. The zero-order valence-electron chi connectivity index (χ0n) is 18.8. The number of methoxy groups -OCH3 is 1. The van der Waals surface area contributed by atoms with Crippen LogP contribution in [-0.2, 0) is 0 Å². The maximum Gasteiger partial charge on any atom is 0.259 e. The molecule has 4 heterocycles. The van der Waals surface area contributed by atoms with Crippen LogP contribution in [0.5, 0.6) is 5.75 Å². The molecule has 3 aromatic heterocycles. The van der Waals surface area contributed by atoms with E-state index in [-0.39, 0.29) is 5.56 Å². The molecule has 1 aliphatic rings. The molecule has 0 saturated carbocycles. The van der Waals surface area contributed by atoms with E-state index in [1.54, 1.807) is 25.7 Å². The summed E-state index contributed by atoms with van der Waals surface area (Å²) in [6, 6.07) is 12.1. The lowest BCUT2D eigenvalue weighted by molar-refractivity contribution is 0.413. The highest BCUT2D eigenvalue weighted by molar-refractivity contribution is 5.95. The first-order chi connectivity index (χ1) is 16.1. The van der Waals surface area contributed by atoms with Crippen LogP contribution in [0.2, 0.25) is 0 Å². The van der Waals surface area contributed by atoms with Gasteiger partial charge in [0.25, 0.3) is 5.56 Å². The molecule has 1 saturated heterocycles. The molecule has 0 radical (unpaired) electrons. The van der Waals surface area contributed by atoms with Gasteiger partial charge in [0.1, 0.15) is 11.6 Å². The van der Waals surface area contributed by atoms with Crippen molar-refractivity contribution in [3.05, 3.63) is 76.5 Å². The van der Waals surface area contributed by atoms with Gasteiger partial charge in [0, 0.05) is 23.6 Å². The lowest BCUT2D eigenvalue weighted by Gasteiger charge is -2.25. The largest absolute Gasteiger partial charge is 0.495 e. The van der Waals surface area contributed by atoms with Gasteiger partial charge < -0.3 is 20.4 Å². The number of anilines is 2. The standard InChI is InChI=1S/C26H27N5O2/c1-16-11-20(3-4-22(16)17-5-8-27-9-6-17)30-25-24-18(7-10-29-26(24)32)13-23(31-25)19-12-21(33-2)15-28-14-19/h3-4,7,10-15,17,27H,5-6,8-9H2,1-2H3,(H,29,32)(H,30,31). The molecule has 0 bridgehead atoms. The van der Waals surface area contributed by atoms with Crippen LogP contribution in [0, 0.1) is 6.92 Å². The van der Waals surface area contributed by atoms with Crippen molar-refractivity contribution in [3.63, 3.8) is 0 Å². The summed E-state index contributed by atoms with van der Waals surface area (Å²) in [6.45, 7) is 4.28. The Hall–Kier alpha value is -3.71. The molecule has 33 heavy (non-hydrogen) atoms. The third kappa shape index (κ3) is 4.32. The topological polar surface area (TPSA) is 91.9 Å². The number of benzene rings is 1. The van der Waals surface area contributed by atoms with Crippen LogP contribution >= 0.6 is 0 Å². The lowest BCUT2D eigenvalue weighted by Crippen LogP contribution is -2.26. The maximum absolute atomic E-state index is 12.7. The van der Waals surface area contributed by atoms with E-state index >= 15 is 0 Å². The predicted octanol–water partition coefficient (Wildman–Crippen LogP) is 4.51. The van der Waals surface area contributed by atoms with Gasteiger partial charge in [-0.3, -0.25) is 9.78 Å². The van der Waals surface area contributed by atoms with E-state index in [1.165, 1.54) is 11.1 Å². The first-order valence-electron chi connectivity index (χ1n) is 11.2. The molecule has 168 valence electrons. The Balaban J connectivity index is 1.55. The molecule has 5 rings (SSSR count). The number of nitrogens with one attached hydrogen (secondary N) is 3. The molecule has 0 amide bonds. The van der Waals surface area contributed by atoms with E-state index in [9.17, 15) is 4.79 Å². The number of fused-ring (bicyclic) bond motifs is 1. The number of pyridine rings is 3. The third-order valence-corrected chi connectivity index (χ3v) is 6.31. The van der Waals surface area contributed by atoms with Crippen LogP contribution in [0.4, 0.5) is 11.5 Å². The van der Waals surface area contributed by atoms with Crippen LogP contribution in [0.3, 0.4) is 0 Å². The van der Waals surface area contributed by atoms with Crippen LogP contribution < -0.4 is 20.9 Å². The molecule has 7 nitrogen and oxygen atoms in total. The number of rotatable bonds is 5. The highest BCUT2D eigenvalue weighted by atomic mass is 16.5. The summed E-state index contributed by atoms with van der Waals surface area (Å²) < 4.78 is 5.32. The van der Waals surface area contributed by atoms with E-state index in [0.717, 1.165) is 42.6 Å². The minimum atomic E-state index is -0.180. The van der Waals surface area contributed by atoms with Crippen LogP contribution in [0.25, 0.3) is 22.0 Å². The molecule has 7 heteroatoms. The lowest BCUT2D eigenvalue weighted by atomic mass is 9.87. The fraction of sp³-hybridized carbons (Fsp3) is 0.269. The van der Waals surface area contributed by atoms with Crippen molar-refractivity contribution in [3.8, 4) is 17.0 Å². The van der Waals surface area contributed by atoms with Gasteiger partial charge in [-0.15, -0.1) is 0 Å². The average Bonchev–Trinajstić information content (AvgIpc) is 2.84. The Morgan fingerprint density at radius 3 is 2.73 bits per heavy atom. The van der Waals surface area contributed by atoms with Gasteiger partial charge >= 0.3 is 0 Å². The van der Waals surface area contributed by atoms with E-state index in [1.807, 2.05) is 18.2 Å². The SMILES string of the molecule is COc1cncc(-c2cc3cc[nH]c(=O)c3c(Nc3ccc(C4CCNCC4)c(C)c3)n2)c1. The summed E-state index contributed by atoms with van der Waals surface area (Å²) in [5.41, 5.74) is 4.90. The van der Waals surface area contributed by atoms with Gasteiger partial charge in [-0.1, -0.05) is 6.07 Å². The molecular formula is C26H27N5O2. The second kappa shape index (κ2) is 9.03. The second-order valence-electron chi connectivity index (χ2n) is 8.46. The Morgan fingerprint density at radius 1 is 1.09 bits per heavy atom. The monoisotopic (exact) mass is 441 g/mol. The molecule has 1 aliphatic heterocycles. The van der Waals surface area contributed by atoms with E-state index in [4.69, 9.17) is 9.72 Å². The van der Waals surface area contributed by atoms with Crippen molar-refractivity contribution < 1.29 is 4.74 Å². The van der Waals surface area contributed by atoms with Gasteiger partial charge in [0.2, 0.25) is 0 Å². The van der Waals surface area contributed by atoms with Gasteiger partial charge in [0.05, 0.1) is 24.4 Å². The maximum atomic E-state index is 12.7. The van der Waals surface area contributed by atoms with E-state index in [0.29, 0.717) is 28.6 Å². The smallest absolute Gasteiger partial charge is 0.259 e. The first kappa shape index (κ1) is 21.2. The summed E-state index contributed by atoms with van der Waals surface area (Å²) in [4.78, 5) is 24.5. The van der Waals surface area contributed by atoms with Crippen molar-refractivity contribution in [2.75, 3.05) is 25.5 Å². The van der Waals surface area contributed by atoms with Crippen LogP contribution in [0.1, 0.15) is 29.9 Å². The van der Waals surface area contributed by atoms with Crippen LogP contribution in [0.15, 0.2) is 59.8 Å². The Morgan fingerprint density at radius 2 is 1.94 bits per heavy atom. The molecule has 1 fully saturated rings. The fourth-order valence-corrected chi connectivity index (χ4v) is 4.60. The predicted molar refractivity (Wildman–Crippen MR) is 131 cm³/mol. The molecule has 3 N–H and O–H groups in total. The number of aryl methyl sites for hydroxylation is 1. The normalized spacial score (nSPS) is 14.4. The van der Waals surface area contributed by atoms with Crippen LogP contribution in [-0.4, -0.2) is 35.2 Å². The first-order valence-corrected chi connectivity index (χ1v) is 11.2. The molecule has 0 atom stereocenters. The van der Waals surface area contributed by atoms with Gasteiger partial charge in [0.15, 0.2) is 0 Å². The number of hydrogen-bond acceptors (Lipinski definition) is 6. The van der Waals surface area contributed by atoms with Crippen molar-refractivity contribution in [1.29, 1.82) is 0 Å². The Kier molecular flexibility index (Phi) is 5.79. The molecule has 1 aromatic carbocycles. The van der Waals surface area contributed by atoms with E-state index in [2.05, 4.69) is 45.7 Å². The summed E-state index contributed by atoms with van der Waals surface area (Å²) in [5, 5.41) is 8.16. The Labute approximate surface area is 192 Å². The van der Waals surface area contributed by atoms with Gasteiger partial charge in [-0.2, -0.15) is 0 Å². The molecule has 0 aliphatic carbocycles. The number of nitrogens with zero attached hydrogens (tertiary/aromatic N) is 2. The minimum absolute atomic E-state index is 0.180. The van der Waals surface area contributed by atoms with Gasteiger partial charge in [-0.25, -0.2) is 4.98 Å². The average molecular weight is 442 g/mol. The summed E-state index contributed by atoms with van der Waals surface area (Å²) in [7, 11) is 1.61. The highest BCUT2D eigenvalue weighted by Crippen LogP contribution is 2.32. The molecular weight excluding hydrogens is 414 g/mol.